The molecule has 0 fully saturated rings. The maximum Gasteiger partial charge on any atom is 0.209 e. The zero-order valence-corrected chi connectivity index (χ0v) is 12.6. The number of hydrogen-bond acceptors (Lipinski definition) is 5. The number of nitrogens with two attached hydrogens (primary N) is 1. The van der Waals surface area contributed by atoms with Crippen LogP contribution in [0.2, 0.25) is 0 Å². The van der Waals surface area contributed by atoms with E-state index in [-0.39, 0.29) is 5.96 Å². The predicted molar refractivity (Wildman–Crippen MR) is 87.3 cm³/mol. The van der Waals surface area contributed by atoms with Gasteiger partial charge in [-0.15, -0.1) is 0 Å². The molecule has 0 aliphatic carbocycles. The molecule has 0 saturated carbocycles. The summed E-state index contributed by atoms with van der Waals surface area (Å²) in [5.41, 5.74) is 6.99. The number of benzene rings is 1. The molecule has 2 rings (SSSR count). The average Bonchev–Trinajstić information content (AvgIpc) is 2.87. The lowest BCUT2D eigenvalue weighted by Gasteiger charge is -2.02. The minimum atomic E-state index is -0.153. The first-order valence-corrected chi connectivity index (χ1v) is 7.15. The number of rotatable bonds is 5. The van der Waals surface area contributed by atoms with E-state index in [0.29, 0.717) is 17.0 Å². The Labute approximate surface area is 127 Å². The van der Waals surface area contributed by atoms with E-state index in [0.717, 1.165) is 22.8 Å². The topological polar surface area (TPSA) is 112 Å². The molecular weight excluding hydrogens is 286 g/mol. The predicted octanol–water partition coefficient (Wildman–Crippen LogP) is 2.17. The number of nitrogens with one attached hydrogen (secondary N) is 3. The highest BCUT2D eigenvalue weighted by atomic mass is 32.1. The number of aliphatic imine (C=N–C) groups is 1. The van der Waals surface area contributed by atoms with Crippen molar-refractivity contribution in [3.8, 4) is 11.4 Å². The highest BCUT2D eigenvalue weighted by Gasteiger charge is 2.06. The lowest BCUT2D eigenvalue weighted by atomic mass is 10.2. The molecule has 0 aliphatic heterocycles. The Morgan fingerprint density at radius 2 is 2.10 bits per heavy atom. The lowest BCUT2D eigenvalue weighted by Crippen LogP contribution is -2.20. The summed E-state index contributed by atoms with van der Waals surface area (Å²) in [6.07, 6.45) is 1.69. The standard InChI is InChI=1S/C13H17N7S/c1-8(2)16-7-17-10-5-3-9(4-6-10)11-18-13(21-20-11)19-12(14)15/h3-8H,1-2H3,(H,16,17)(H4,14,15,18,19,20). The van der Waals surface area contributed by atoms with Gasteiger partial charge in [0.1, 0.15) is 0 Å². The zero-order valence-electron chi connectivity index (χ0n) is 11.8. The molecule has 1 heterocycles. The third kappa shape index (κ3) is 4.53. The van der Waals surface area contributed by atoms with Gasteiger partial charge >= 0.3 is 0 Å². The van der Waals surface area contributed by atoms with E-state index < -0.39 is 0 Å². The maximum absolute atomic E-state index is 7.15. The van der Waals surface area contributed by atoms with Gasteiger partial charge in [0.2, 0.25) is 5.13 Å². The minimum absolute atomic E-state index is 0.153. The molecule has 21 heavy (non-hydrogen) atoms. The molecule has 110 valence electrons. The van der Waals surface area contributed by atoms with Gasteiger partial charge in [0.15, 0.2) is 11.8 Å². The van der Waals surface area contributed by atoms with E-state index in [4.69, 9.17) is 11.1 Å². The Kier molecular flexibility index (Phi) is 4.83. The maximum atomic E-state index is 7.15. The average molecular weight is 303 g/mol. The van der Waals surface area contributed by atoms with Crippen molar-refractivity contribution >= 4 is 34.6 Å². The first kappa shape index (κ1) is 14.9. The molecule has 0 bridgehead atoms. The second kappa shape index (κ2) is 6.80. The fraction of sp³-hybridized carbons (Fsp3) is 0.231. The Hall–Kier alpha value is -2.48. The van der Waals surface area contributed by atoms with Gasteiger partial charge in [-0.3, -0.25) is 5.41 Å². The third-order valence-corrected chi connectivity index (χ3v) is 3.05. The summed E-state index contributed by atoms with van der Waals surface area (Å²) in [5, 5.41) is 13.4. The molecular formula is C13H17N7S. The summed E-state index contributed by atoms with van der Waals surface area (Å²) >= 11 is 1.16. The normalized spacial score (nSPS) is 11.0. The van der Waals surface area contributed by atoms with Crippen LogP contribution in [0.15, 0.2) is 29.3 Å². The summed E-state index contributed by atoms with van der Waals surface area (Å²) in [7, 11) is 0. The Morgan fingerprint density at radius 1 is 1.38 bits per heavy atom. The highest BCUT2D eigenvalue weighted by molar-refractivity contribution is 7.10. The molecule has 1 aromatic heterocycles. The third-order valence-electron chi connectivity index (χ3n) is 2.41. The smallest absolute Gasteiger partial charge is 0.209 e. The van der Waals surface area contributed by atoms with Crippen LogP contribution in [-0.4, -0.2) is 27.7 Å². The molecule has 2 aromatic rings. The molecule has 0 aliphatic rings. The van der Waals surface area contributed by atoms with Gasteiger partial charge in [-0.1, -0.05) is 0 Å². The number of nitrogens with zero attached hydrogens (tertiary/aromatic N) is 3. The molecule has 0 unspecified atom stereocenters. The van der Waals surface area contributed by atoms with Crippen LogP contribution in [0.25, 0.3) is 11.4 Å². The van der Waals surface area contributed by atoms with Crippen molar-refractivity contribution in [2.75, 3.05) is 5.32 Å². The van der Waals surface area contributed by atoms with E-state index in [1.165, 1.54) is 0 Å². The van der Waals surface area contributed by atoms with Crippen molar-refractivity contribution in [3.05, 3.63) is 24.3 Å². The van der Waals surface area contributed by atoms with Crippen LogP contribution in [0.4, 0.5) is 10.8 Å². The van der Waals surface area contributed by atoms with Gasteiger partial charge in [0.25, 0.3) is 0 Å². The Balaban J connectivity index is 2.06. The highest BCUT2D eigenvalue weighted by Crippen LogP contribution is 2.23. The van der Waals surface area contributed by atoms with E-state index in [1.54, 1.807) is 6.34 Å². The van der Waals surface area contributed by atoms with Crippen molar-refractivity contribution in [2.24, 2.45) is 10.7 Å². The van der Waals surface area contributed by atoms with E-state index >= 15 is 0 Å². The number of aromatic nitrogens is 2. The molecule has 0 amide bonds. The molecule has 1 aromatic carbocycles. The van der Waals surface area contributed by atoms with Crippen LogP contribution in [0.3, 0.4) is 0 Å². The number of anilines is 1. The SMILES string of the molecule is CC(C)N/C=N/c1ccc(-c2nsc(NC(=N)N)n2)cc1. The van der Waals surface area contributed by atoms with E-state index in [2.05, 4.69) is 38.8 Å². The van der Waals surface area contributed by atoms with Crippen LogP contribution in [-0.2, 0) is 0 Å². The quantitative estimate of drug-likeness (QED) is 0.499. The summed E-state index contributed by atoms with van der Waals surface area (Å²) in [6.45, 7) is 4.10. The second-order valence-corrected chi connectivity index (χ2v) is 5.34. The van der Waals surface area contributed by atoms with Gasteiger partial charge in [0, 0.05) is 23.1 Å². The van der Waals surface area contributed by atoms with Crippen LogP contribution >= 0.6 is 11.5 Å². The first-order valence-electron chi connectivity index (χ1n) is 6.38. The van der Waals surface area contributed by atoms with E-state index in [1.807, 2.05) is 24.3 Å². The van der Waals surface area contributed by atoms with Gasteiger partial charge < -0.3 is 16.4 Å². The molecule has 7 nitrogen and oxygen atoms in total. The second-order valence-electron chi connectivity index (χ2n) is 4.59. The van der Waals surface area contributed by atoms with Gasteiger partial charge in [-0.25, -0.2) is 4.99 Å². The monoisotopic (exact) mass is 303 g/mol. The minimum Gasteiger partial charge on any atom is -0.374 e. The van der Waals surface area contributed by atoms with Gasteiger partial charge in [0.05, 0.1) is 12.0 Å². The van der Waals surface area contributed by atoms with E-state index in [9.17, 15) is 0 Å². The number of hydrogen-bond donors (Lipinski definition) is 4. The van der Waals surface area contributed by atoms with Crippen LogP contribution in [0.5, 0.6) is 0 Å². The molecule has 0 spiro atoms. The largest absolute Gasteiger partial charge is 0.374 e. The summed E-state index contributed by atoms with van der Waals surface area (Å²) in [4.78, 5) is 8.55. The van der Waals surface area contributed by atoms with Gasteiger partial charge in [-0.05, 0) is 38.1 Å². The van der Waals surface area contributed by atoms with Crippen molar-refractivity contribution in [1.82, 2.24) is 14.7 Å². The molecule has 0 saturated heterocycles. The molecule has 8 heteroatoms. The molecule has 0 atom stereocenters. The fourth-order valence-corrected chi connectivity index (χ4v) is 2.07. The Morgan fingerprint density at radius 3 is 2.71 bits per heavy atom. The van der Waals surface area contributed by atoms with Crippen molar-refractivity contribution in [1.29, 1.82) is 5.41 Å². The lowest BCUT2D eigenvalue weighted by molar-refractivity contribution is 0.744. The van der Waals surface area contributed by atoms with Crippen LogP contribution in [0, 0.1) is 5.41 Å². The molecule has 5 N–H and O–H groups in total. The summed E-state index contributed by atoms with van der Waals surface area (Å²) in [6, 6.07) is 7.96. The van der Waals surface area contributed by atoms with Crippen molar-refractivity contribution in [3.63, 3.8) is 0 Å². The first-order chi connectivity index (χ1) is 10.0. The number of guanidine groups is 1. The van der Waals surface area contributed by atoms with Crippen LogP contribution in [0.1, 0.15) is 13.8 Å². The zero-order chi connectivity index (χ0) is 15.2. The van der Waals surface area contributed by atoms with Gasteiger partial charge in [-0.2, -0.15) is 9.36 Å². The fourth-order valence-electron chi connectivity index (χ4n) is 1.46. The Bertz CT molecular complexity index is 630. The summed E-state index contributed by atoms with van der Waals surface area (Å²) < 4.78 is 4.22. The molecule has 0 radical (unpaired) electrons. The van der Waals surface area contributed by atoms with Crippen molar-refractivity contribution in [2.45, 2.75) is 19.9 Å². The summed E-state index contributed by atoms with van der Waals surface area (Å²) in [5.74, 6) is 0.444. The van der Waals surface area contributed by atoms with Crippen LogP contribution < -0.4 is 16.4 Å². The van der Waals surface area contributed by atoms with Crippen molar-refractivity contribution < 1.29 is 0 Å².